The van der Waals surface area contributed by atoms with E-state index in [4.69, 9.17) is 14.2 Å². The Hall–Kier alpha value is -4.47. The molecule has 7 nitrogen and oxygen atoms in total. The number of anilines is 2. The van der Waals surface area contributed by atoms with Crippen LogP contribution in [0.2, 0.25) is 0 Å². The van der Waals surface area contributed by atoms with Gasteiger partial charge in [0.1, 0.15) is 0 Å². The van der Waals surface area contributed by atoms with Crippen LogP contribution in [0.5, 0.6) is 17.2 Å². The van der Waals surface area contributed by atoms with Gasteiger partial charge in [-0.25, -0.2) is 0 Å². The minimum atomic E-state index is -5.22. The lowest BCUT2D eigenvalue weighted by molar-refractivity contribution is -0.170. The summed E-state index contributed by atoms with van der Waals surface area (Å²) in [6.07, 6.45) is -4.80. The summed E-state index contributed by atoms with van der Waals surface area (Å²) < 4.78 is 58.9. The van der Waals surface area contributed by atoms with E-state index < -0.39 is 18.1 Å². The fourth-order valence-corrected chi connectivity index (χ4v) is 5.49. The Morgan fingerprint density at radius 2 is 1.50 bits per heavy atom. The van der Waals surface area contributed by atoms with Gasteiger partial charge in [-0.05, 0) is 47.7 Å². The first-order chi connectivity index (χ1) is 19.2. The number of rotatable bonds is 5. The second-order valence-electron chi connectivity index (χ2n) is 9.51. The maximum Gasteiger partial charge on any atom is 0.471 e. The maximum atomic E-state index is 14.2. The third kappa shape index (κ3) is 4.74. The molecule has 3 aromatic carbocycles. The number of nitrogens with one attached hydrogen (secondary N) is 1. The Morgan fingerprint density at radius 3 is 2.10 bits per heavy atom. The number of methoxy groups -OCH3 is 3. The molecule has 2 aliphatic rings. The van der Waals surface area contributed by atoms with Crippen molar-refractivity contribution in [1.82, 2.24) is 0 Å². The third-order valence-electron chi connectivity index (χ3n) is 7.22. The zero-order chi connectivity index (χ0) is 28.6. The molecule has 0 spiro atoms. The number of hydrogen-bond donors (Lipinski definition) is 1. The van der Waals surface area contributed by atoms with Crippen LogP contribution in [0.25, 0.3) is 0 Å². The standard InChI is InChI=1S/C30H27F3N2O5/c1-38-24-15-19(16-25(39-2)28(24)40-3)27-26-21(13-18(14-23(26)36)17-9-5-4-6-10-17)34-20-11-7-8-12-22(20)35(27)29(37)30(31,32)33/h4-12,15-16,18,27,34H,13-14H2,1-3H3/t18-,27-/m0/s1. The predicted molar refractivity (Wildman–Crippen MR) is 143 cm³/mol. The largest absolute Gasteiger partial charge is 0.493 e. The van der Waals surface area contributed by atoms with Gasteiger partial charge >= 0.3 is 12.1 Å². The highest BCUT2D eigenvalue weighted by molar-refractivity contribution is 6.07. The number of nitrogens with zero attached hydrogens (tertiary/aromatic N) is 1. The summed E-state index contributed by atoms with van der Waals surface area (Å²) in [6.45, 7) is 0. The van der Waals surface area contributed by atoms with Crippen molar-refractivity contribution in [2.45, 2.75) is 31.0 Å². The highest BCUT2D eigenvalue weighted by Gasteiger charge is 2.50. The molecule has 0 radical (unpaired) electrons. The van der Waals surface area contributed by atoms with Crippen molar-refractivity contribution in [1.29, 1.82) is 0 Å². The van der Waals surface area contributed by atoms with Crippen LogP contribution in [0, 0.1) is 0 Å². The van der Waals surface area contributed by atoms with Crippen molar-refractivity contribution in [2.75, 3.05) is 31.5 Å². The Bertz CT molecular complexity index is 1460. The molecule has 0 saturated carbocycles. The lowest BCUT2D eigenvalue weighted by Gasteiger charge is -2.35. The molecule has 40 heavy (non-hydrogen) atoms. The van der Waals surface area contributed by atoms with Crippen LogP contribution in [-0.4, -0.2) is 39.2 Å². The summed E-state index contributed by atoms with van der Waals surface area (Å²) >= 11 is 0. The van der Waals surface area contributed by atoms with Crippen molar-refractivity contribution in [3.63, 3.8) is 0 Å². The minimum Gasteiger partial charge on any atom is -0.493 e. The molecule has 1 heterocycles. The van der Waals surface area contributed by atoms with Crippen molar-refractivity contribution < 1.29 is 37.0 Å². The molecule has 1 N–H and O–H groups in total. The highest BCUT2D eigenvalue weighted by Crippen LogP contribution is 2.50. The fraction of sp³-hybridized carbons (Fsp3) is 0.267. The van der Waals surface area contributed by atoms with Crippen LogP contribution >= 0.6 is 0 Å². The van der Waals surface area contributed by atoms with Gasteiger partial charge < -0.3 is 19.5 Å². The number of hydrogen-bond acceptors (Lipinski definition) is 6. The summed E-state index contributed by atoms with van der Waals surface area (Å²) in [6, 6.07) is 17.2. The summed E-state index contributed by atoms with van der Waals surface area (Å²) in [5.41, 5.74) is 1.94. The zero-order valence-electron chi connectivity index (χ0n) is 22.0. The van der Waals surface area contributed by atoms with E-state index in [1.165, 1.54) is 39.5 Å². The molecule has 208 valence electrons. The lowest BCUT2D eigenvalue weighted by Crippen LogP contribution is -2.45. The van der Waals surface area contributed by atoms with Crippen LogP contribution in [0.15, 0.2) is 78.0 Å². The van der Waals surface area contributed by atoms with Crippen molar-refractivity contribution >= 4 is 23.1 Å². The molecule has 0 aromatic heterocycles. The summed E-state index contributed by atoms with van der Waals surface area (Å²) in [5.74, 6) is -2.09. The van der Waals surface area contributed by atoms with E-state index in [2.05, 4.69) is 5.32 Å². The summed E-state index contributed by atoms with van der Waals surface area (Å²) in [5, 5.41) is 3.22. The van der Waals surface area contributed by atoms with Crippen LogP contribution in [0.4, 0.5) is 24.5 Å². The summed E-state index contributed by atoms with van der Waals surface area (Å²) in [4.78, 5) is 27.8. The number of fused-ring (bicyclic) bond motifs is 1. The molecule has 1 aliphatic heterocycles. The average molecular weight is 553 g/mol. The number of ketones is 1. The molecule has 0 saturated heterocycles. The molecule has 5 rings (SSSR count). The third-order valence-corrected chi connectivity index (χ3v) is 7.22. The van der Waals surface area contributed by atoms with E-state index in [9.17, 15) is 22.8 Å². The quantitative estimate of drug-likeness (QED) is 0.408. The number of alkyl halides is 3. The van der Waals surface area contributed by atoms with Crippen LogP contribution < -0.4 is 24.4 Å². The number of carbonyl (C=O) groups is 2. The molecule has 10 heteroatoms. The SMILES string of the molecule is COc1cc([C@H]2C3=C(C[C@H](c4ccccc4)CC3=O)Nc3ccccc3N2C(=O)C(F)(F)F)cc(OC)c1OC. The van der Waals surface area contributed by atoms with E-state index in [0.29, 0.717) is 17.0 Å². The smallest absolute Gasteiger partial charge is 0.471 e. The molecule has 3 aromatic rings. The van der Waals surface area contributed by atoms with E-state index in [0.717, 1.165) is 5.56 Å². The molecule has 1 aliphatic carbocycles. The predicted octanol–water partition coefficient (Wildman–Crippen LogP) is 6.18. The number of para-hydroxylation sites is 2. The molecule has 1 amide bonds. The van der Waals surface area contributed by atoms with E-state index >= 15 is 0 Å². The average Bonchev–Trinajstić information content (AvgIpc) is 3.10. The maximum absolute atomic E-state index is 14.2. The molecular formula is C30H27F3N2O5. The number of ether oxygens (including phenoxy) is 3. The minimum absolute atomic E-state index is 0.0120. The van der Waals surface area contributed by atoms with Crippen LogP contribution in [0.1, 0.15) is 35.9 Å². The van der Waals surface area contributed by atoms with Gasteiger partial charge in [0, 0.05) is 17.7 Å². The van der Waals surface area contributed by atoms with Gasteiger partial charge in [0.15, 0.2) is 17.3 Å². The van der Waals surface area contributed by atoms with Crippen LogP contribution in [0.3, 0.4) is 0 Å². The second kappa shape index (κ2) is 10.6. The van der Waals surface area contributed by atoms with Gasteiger partial charge in [-0.2, -0.15) is 13.2 Å². The number of Topliss-reactive ketones (excluding diaryl/α,β-unsaturated/α-hetero) is 1. The topological polar surface area (TPSA) is 77.1 Å². The molecule has 0 unspecified atom stereocenters. The molecule has 0 bridgehead atoms. The van der Waals surface area contributed by atoms with Gasteiger partial charge in [0.25, 0.3) is 0 Å². The monoisotopic (exact) mass is 552 g/mol. The fourth-order valence-electron chi connectivity index (χ4n) is 5.49. The second-order valence-corrected chi connectivity index (χ2v) is 9.51. The van der Waals surface area contributed by atoms with Crippen molar-refractivity contribution in [3.05, 3.63) is 89.1 Å². The Labute approximate surface area is 229 Å². The van der Waals surface area contributed by atoms with Gasteiger partial charge in [0.05, 0.1) is 38.7 Å². The van der Waals surface area contributed by atoms with Crippen molar-refractivity contribution in [3.8, 4) is 17.2 Å². The molecule has 0 fully saturated rings. The van der Waals surface area contributed by atoms with Crippen molar-refractivity contribution in [2.24, 2.45) is 0 Å². The van der Waals surface area contributed by atoms with Gasteiger partial charge in [-0.3, -0.25) is 14.5 Å². The number of amides is 1. The summed E-state index contributed by atoms with van der Waals surface area (Å²) in [7, 11) is 4.16. The van der Waals surface area contributed by atoms with Gasteiger partial charge in [-0.1, -0.05) is 42.5 Å². The first-order valence-electron chi connectivity index (χ1n) is 12.6. The number of halogens is 3. The Kier molecular flexibility index (Phi) is 7.18. The lowest BCUT2D eigenvalue weighted by atomic mass is 9.78. The normalized spacial score (nSPS) is 18.8. The molecular weight excluding hydrogens is 525 g/mol. The van der Waals surface area contributed by atoms with Gasteiger partial charge in [-0.15, -0.1) is 0 Å². The Morgan fingerprint density at radius 1 is 0.875 bits per heavy atom. The first-order valence-corrected chi connectivity index (χ1v) is 12.6. The highest BCUT2D eigenvalue weighted by atomic mass is 19.4. The first kappa shape index (κ1) is 27.1. The number of benzene rings is 3. The molecule has 2 atom stereocenters. The van der Waals surface area contributed by atoms with Gasteiger partial charge in [0.2, 0.25) is 5.75 Å². The van der Waals surface area contributed by atoms with E-state index in [1.807, 2.05) is 30.3 Å². The number of allylic oxidation sites excluding steroid dienone is 1. The van der Waals surface area contributed by atoms with E-state index in [-0.39, 0.29) is 57.9 Å². The van der Waals surface area contributed by atoms with Crippen LogP contribution in [-0.2, 0) is 9.59 Å². The zero-order valence-corrected chi connectivity index (χ0v) is 22.0. The number of carbonyl (C=O) groups excluding carboxylic acids is 2. The Balaban J connectivity index is 1.80. The van der Waals surface area contributed by atoms with E-state index in [1.54, 1.807) is 18.2 Å².